The standard InChI is InChI=1S/C14H23N7O6S/c1-2-20-10(4-3-5-21(14(20)22)27-28(23,24)25)12-18-17-11(26-12)6-9-7-19(8-9)13(15)16/h9-10H,2-8H2,1H3,(H3,15,16)(H,23,24,25)/t10-/m0/s1. The van der Waals surface area contributed by atoms with E-state index in [0.29, 0.717) is 43.3 Å². The van der Waals surface area contributed by atoms with Gasteiger partial charge in [0.15, 0.2) is 5.96 Å². The van der Waals surface area contributed by atoms with E-state index in [1.807, 2.05) is 0 Å². The molecule has 2 amide bonds. The maximum Gasteiger partial charge on any atom is 0.418 e. The molecule has 2 aliphatic heterocycles. The summed E-state index contributed by atoms with van der Waals surface area (Å²) < 4.78 is 40.9. The van der Waals surface area contributed by atoms with E-state index < -0.39 is 22.5 Å². The number of aromatic nitrogens is 2. The largest absolute Gasteiger partial charge is 0.423 e. The number of urea groups is 1. The number of guanidine groups is 1. The molecule has 0 bridgehead atoms. The molecule has 0 aliphatic carbocycles. The highest BCUT2D eigenvalue weighted by Crippen LogP contribution is 2.30. The Hall–Kier alpha value is -2.45. The van der Waals surface area contributed by atoms with Crippen LogP contribution < -0.4 is 5.73 Å². The molecule has 0 radical (unpaired) electrons. The van der Waals surface area contributed by atoms with Crippen molar-refractivity contribution >= 4 is 22.4 Å². The smallest absolute Gasteiger partial charge is 0.418 e. The van der Waals surface area contributed by atoms with Gasteiger partial charge in [-0.2, -0.15) is 13.5 Å². The maximum atomic E-state index is 12.6. The molecule has 3 rings (SSSR count). The van der Waals surface area contributed by atoms with Gasteiger partial charge < -0.3 is 20.0 Å². The molecule has 28 heavy (non-hydrogen) atoms. The zero-order valence-electron chi connectivity index (χ0n) is 15.3. The molecular formula is C14H23N7O6S. The number of likely N-dealkylation sites (tertiary alicyclic amines) is 1. The zero-order chi connectivity index (χ0) is 20.5. The van der Waals surface area contributed by atoms with Crippen LogP contribution >= 0.6 is 0 Å². The Morgan fingerprint density at radius 3 is 2.75 bits per heavy atom. The Morgan fingerprint density at radius 1 is 1.43 bits per heavy atom. The Balaban J connectivity index is 1.68. The van der Waals surface area contributed by atoms with Gasteiger partial charge in [0.1, 0.15) is 6.04 Å². The monoisotopic (exact) mass is 417 g/mol. The van der Waals surface area contributed by atoms with Crippen molar-refractivity contribution in [1.29, 1.82) is 5.41 Å². The molecule has 0 aromatic carbocycles. The molecule has 14 heteroatoms. The van der Waals surface area contributed by atoms with Gasteiger partial charge in [-0.1, -0.05) is 0 Å². The van der Waals surface area contributed by atoms with Crippen molar-refractivity contribution < 1.29 is 26.5 Å². The minimum Gasteiger partial charge on any atom is -0.423 e. The summed E-state index contributed by atoms with van der Waals surface area (Å²) in [4.78, 5) is 15.7. The van der Waals surface area contributed by atoms with Gasteiger partial charge in [0, 0.05) is 32.0 Å². The van der Waals surface area contributed by atoms with Crippen LogP contribution in [-0.4, -0.2) is 76.2 Å². The second-order valence-electron chi connectivity index (χ2n) is 6.73. The summed E-state index contributed by atoms with van der Waals surface area (Å²) in [7, 11) is -4.80. The lowest BCUT2D eigenvalue weighted by Crippen LogP contribution is -2.53. The number of nitrogens with zero attached hydrogens (tertiary/aromatic N) is 5. The molecule has 4 N–H and O–H groups in total. The van der Waals surface area contributed by atoms with Crippen molar-refractivity contribution in [3.05, 3.63) is 11.8 Å². The van der Waals surface area contributed by atoms with Crippen molar-refractivity contribution in [3.8, 4) is 0 Å². The third kappa shape index (κ3) is 4.51. The number of carbonyl (C=O) groups is 1. The second kappa shape index (κ2) is 7.89. The van der Waals surface area contributed by atoms with E-state index >= 15 is 0 Å². The van der Waals surface area contributed by atoms with Crippen LogP contribution in [0.1, 0.15) is 37.6 Å². The Labute approximate surface area is 161 Å². The number of amides is 2. The molecule has 2 aliphatic rings. The van der Waals surface area contributed by atoms with Crippen molar-refractivity contribution in [3.63, 3.8) is 0 Å². The van der Waals surface area contributed by atoms with E-state index in [1.54, 1.807) is 11.8 Å². The molecule has 2 saturated heterocycles. The van der Waals surface area contributed by atoms with E-state index in [2.05, 4.69) is 14.5 Å². The summed E-state index contributed by atoms with van der Waals surface area (Å²) >= 11 is 0. The van der Waals surface area contributed by atoms with Crippen LogP contribution in [0.5, 0.6) is 0 Å². The molecule has 0 unspecified atom stereocenters. The highest BCUT2D eigenvalue weighted by molar-refractivity contribution is 7.80. The maximum absolute atomic E-state index is 12.6. The van der Waals surface area contributed by atoms with Crippen LogP contribution in [0, 0.1) is 11.3 Å². The first-order chi connectivity index (χ1) is 13.2. The number of nitrogens with one attached hydrogen (secondary N) is 1. The van der Waals surface area contributed by atoms with Crippen LogP contribution in [0.2, 0.25) is 0 Å². The van der Waals surface area contributed by atoms with E-state index in [0.717, 1.165) is 0 Å². The molecule has 1 atom stereocenters. The fraction of sp³-hybridized carbons (Fsp3) is 0.714. The quantitative estimate of drug-likeness (QED) is 0.317. The average molecular weight is 417 g/mol. The van der Waals surface area contributed by atoms with Gasteiger partial charge in [0.05, 0.1) is 6.54 Å². The van der Waals surface area contributed by atoms with Gasteiger partial charge in [0.25, 0.3) is 0 Å². The van der Waals surface area contributed by atoms with Gasteiger partial charge in [-0.3, -0.25) is 9.96 Å². The van der Waals surface area contributed by atoms with Crippen LogP contribution in [0.25, 0.3) is 0 Å². The van der Waals surface area contributed by atoms with E-state index in [-0.39, 0.29) is 30.9 Å². The van der Waals surface area contributed by atoms with Crippen LogP contribution in [-0.2, 0) is 21.1 Å². The van der Waals surface area contributed by atoms with Gasteiger partial charge >= 0.3 is 16.4 Å². The number of nitrogens with two attached hydrogens (primary N) is 1. The predicted molar refractivity (Wildman–Crippen MR) is 94.1 cm³/mol. The summed E-state index contributed by atoms with van der Waals surface area (Å²) in [5, 5.41) is 16.1. The lowest BCUT2D eigenvalue weighted by atomic mass is 9.97. The van der Waals surface area contributed by atoms with Crippen molar-refractivity contribution in [2.45, 2.75) is 32.2 Å². The van der Waals surface area contributed by atoms with Crippen molar-refractivity contribution in [2.75, 3.05) is 26.2 Å². The van der Waals surface area contributed by atoms with Gasteiger partial charge in [-0.25, -0.2) is 4.79 Å². The second-order valence-corrected chi connectivity index (χ2v) is 7.73. The molecular weight excluding hydrogens is 394 g/mol. The van der Waals surface area contributed by atoms with Gasteiger partial charge in [-0.05, 0) is 19.8 Å². The third-order valence-corrected chi connectivity index (χ3v) is 5.10. The van der Waals surface area contributed by atoms with E-state index in [4.69, 9.17) is 20.1 Å². The molecule has 3 heterocycles. The molecule has 0 saturated carbocycles. The number of hydroxylamine groups is 2. The van der Waals surface area contributed by atoms with Crippen LogP contribution in [0.3, 0.4) is 0 Å². The van der Waals surface area contributed by atoms with Crippen LogP contribution in [0.4, 0.5) is 4.79 Å². The van der Waals surface area contributed by atoms with Gasteiger partial charge in [0.2, 0.25) is 11.8 Å². The molecule has 1 aromatic heterocycles. The first-order valence-electron chi connectivity index (χ1n) is 8.84. The highest BCUT2D eigenvalue weighted by Gasteiger charge is 2.37. The SMILES string of the molecule is CCN1C(=O)N(OS(=O)(=O)O)CCC[C@H]1c1nnc(CC2CN(C(=N)N)C2)o1. The minimum absolute atomic E-state index is 0.00439. The fourth-order valence-electron chi connectivity index (χ4n) is 3.38. The normalized spacial score (nSPS) is 21.6. The van der Waals surface area contributed by atoms with Gasteiger partial charge in [-0.15, -0.1) is 14.5 Å². The summed E-state index contributed by atoms with van der Waals surface area (Å²) in [6.07, 6.45) is 1.42. The Bertz CT molecular complexity index is 837. The first-order valence-corrected chi connectivity index (χ1v) is 10.2. The van der Waals surface area contributed by atoms with E-state index in [1.165, 1.54) is 4.90 Å². The summed E-state index contributed by atoms with van der Waals surface area (Å²) in [5.41, 5.74) is 5.42. The van der Waals surface area contributed by atoms with Crippen molar-refractivity contribution in [2.24, 2.45) is 11.7 Å². The van der Waals surface area contributed by atoms with Crippen molar-refractivity contribution in [1.82, 2.24) is 25.1 Å². The lowest BCUT2D eigenvalue weighted by molar-refractivity contribution is -0.0278. The lowest BCUT2D eigenvalue weighted by Gasteiger charge is -2.38. The molecule has 1 aromatic rings. The van der Waals surface area contributed by atoms with Crippen LogP contribution in [0.15, 0.2) is 4.42 Å². The molecule has 2 fully saturated rings. The summed E-state index contributed by atoms with van der Waals surface area (Å²) in [5.74, 6) is 0.993. The number of rotatable bonds is 6. The number of hydrogen-bond acceptors (Lipinski definition) is 8. The fourth-order valence-corrected chi connectivity index (χ4v) is 3.74. The number of hydrogen-bond donors (Lipinski definition) is 3. The number of carbonyl (C=O) groups excluding carboxylic acids is 1. The average Bonchev–Trinajstić information content (AvgIpc) is 2.96. The predicted octanol–water partition coefficient (Wildman–Crippen LogP) is -0.249. The zero-order valence-corrected chi connectivity index (χ0v) is 16.1. The molecule has 13 nitrogen and oxygen atoms in total. The first kappa shape index (κ1) is 20.3. The molecule has 156 valence electrons. The van der Waals surface area contributed by atoms with E-state index in [9.17, 15) is 13.2 Å². The highest BCUT2D eigenvalue weighted by atomic mass is 32.3. The summed E-state index contributed by atoms with van der Waals surface area (Å²) in [6.45, 7) is 3.28. The third-order valence-electron chi connectivity index (χ3n) is 4.73. The minimum atomic E-state index is -4.80. The summed E-state index contributed by atoms with van der Waals surface area (Å²) in [6, 6.07) is -1.23. The topological polar surface area (TPSA) is 179 Å². The Kier molecular flexibility index (Phi) is 5.71. The Morgan fingerprint density at radius 2 is 2.14 bits per heavy atom. The molecule has 0 spiro atoms.